The van der Waals surface area contributed by atoms with E-state index >= 15 is 4.39 Å². The number of fused-ring (bicyclic) bond motifs is 6. The number of alkyl halides is 1. The molecular weight excluding hydrogens is 758 g/mol. The number of hydrogen-bond donors (Lipinski definition) is 0. The van der Waals surface area contributed by atoms with Crippen LogP contribution < -0.4 is 0 Å². The predicted molar refractivity (Wildman–Crippen MR) is 211 cm³/mol. The number of pyridine rings is 1. The number of rotatable bonds is 5. The fourth-order valence-electron chi connectivity index (χ4n) is 8.59. The first-order valence-electron chi connectivity index (χ1n) is 18.1. The maximum Gasteiger partial charge on any atom is 2.00 e. The van der Waals surface area contributed by atoms with Crippen molar-refractivity contribution < 1.29 is 24.8 Å². The van der Waals surface area contributed by atoms with Gasteiger partial charge in [-0.25, -0.2) is 4.39 Å². The molecule has 6 heteroatoms. The number of aromatic nitrogens is 4. The van der Waals surface area contributed by atoms with Crippen LogP contribution in [-0.4, -0.2) is 19.1 Å². The fraction of sp³-hybridized carbons (Fsp3) is 0.125. The molecule has 0 radical (unpaired) electrons. The summed E-state index contributed by atoms with van der Waals surface area (Å²) in [4.78, 5) is 9.77. The topological polar surface area (TPSA) is 35.6 Å². The Morgan fingerprint density at radius 2 is 1.43 bits per heavy atom. The molecule has 9 aromatic rings. The van der Waals surface area contributed by atoms with Gasteiger partial charge in [0.2, 0.25) is 0 Å². The Morgan fingerprint density at radius 1 is 0.685 bits per heavy atom. The van der Waals surface area contributed by atoms with E-state index in [4.69, 9.17) is 9.97 Å². The molecule has 1 aliphatic rings. The summed E-state index contributed by atoms with van der Waals surface area (Å²) in [5, 5.41) is 2.42. The Balaban J connectivity index is 0.00000384. The first kappa shape index (κ1) is 34.1. The normalized spacial score (nSPS) is 15.1. The average molecular weight is 793 g/mol. The Hall–Kier alpha value is -5.67. The van der Waals surface area contributed by atoms with E-state index in [-0.39, 0.29) is 31.8 Å². The number of nitrogens with zero attached hydrogens (tertiary/aromatic N) is 4. The molecule has 2 unspecified atom stereocenters. The van der Waals surface area contributed by atoms with Gasteiger partial charge in [0.1, 0.15) is 6.17 Å². The summed E-state index contributed by atoms with van der Waals surface area (Å²) in [5.41, 5.74) is 12.0. The second kappa shape index (κ2) is 13.0. The molecule has 10 rings (SSSR count). The van der Waals surface area contributed by atoms with Crippen molar-refractivity contribution in [3.8, 4) is 17.1 Å². The molecule has 264 valence electrons. The quantitative estimate of drug-likeness (QED) is 0.129. The Labute approximate surface area is 327 Å². The molecule has 2 atom stereocenters. The van der Waals surface area contributed by atoms with Crippen LogP contribution in [0, 0.1) is 12.1 Å². The van der Waals surface area contributed by atoms with Crippen LogP contribution in [0.3, 0.4) is 0 Å². The molecule has 3 heterocycles. The Kier molecular flexibility index (Phi) is 8.23. The molecule has 54 heavy (non-hydrogen) atoms. The molecule has 0 N–H and O–H groups in total. The molecular formula is C48H35FN4Pd. The van der Waals surface area contributed by atoms with Gasteiger partial charge in [-0.3, -0.25) is 9.97 Å². The molecule has 0 amide bonds. The maximum atomic E-state index is 16.9. The minimum absolute atomic E-state index is 0. The number of para-hydroxylation sites is 4. The maximum absolute atomic E-state index is 16.9. The largest absolute Gasteiger partial charge is 2.00 e. The smallest absolute Gasteiger partial charge is 0.367 e. The average Bonchev–Trinajstić information content (AvgIpc) is 3.72. The molecule has 0 spiro atoms. The molecule has 0 saturated carbocycles. The standard InChI is InChI=1S/C48H35FN4.Pd/c1-48(2)38-24-23-31(46(49)30-14-13-15-32(26-30)47-51-40-19-8-10-22-43(40)52(47)3)27-36(38)45(41-20-11-12-25-50-41)37-29-44-35(28-39(37)48)34-18-7-9-21-42(34)53(44)33-16-5-4-6-17-33;/h4-25,28-29,45-46H,1-3H3;/q-2;+2. The van der Waals surface area contributed by atoms with Gasteiger partial charge in [0, 0.05) is 35.6 Å². The summed E-state index contributed by atoms with van der Waals surface area (Å²) in [6, 6.07) is 54.7. The third-order valence-electron chi connectivity index (χ3n) is 11.2. The van der Waals surface area contributed by atoms with Crippen molar-refractivity contribution in [3.05, 3.63) is 197 Å². The van der Waals surface area contributed by atoms with Gasteiger partial charge < -0.3 is 9.13 Å². The number of halogens is 1. The van der Waals surface area contributed by atoms with Gasteiger partial charge in [0.15, 0.2) is 0 Å². The van der Waals surface area contributed by atoms with Crippen LogP contribution in [0.1, 0.15) is 65.0 Å². The van der Waals surface area contributed by atoms with E-state index < -0.39 is 6.17 Å². The monoisotopic (exact) mass is 792 g/mol. The van der Waals surface area contributed by atoms with Crippen LogP contribution in [0.25, 0.3) is 49.9 Å². The first-order chi connectivity index (χ1) is 25.9. The molecule has 0 bridgehead atoms. The zero-order valence-electron chi connectivity index (χ0n) is 30.0. The van der Waals surface area contributed by atoms with Crippen molar-refractivity contribution in [1.82, 2.24) is 19.1 Å². The van der Waals surface area contributed by atoms with Crippen LogP contribution in [0.2, 0.25) is 0 Å². The minimum atomic E-state index is -1.44. The fourth-order valence-corrected chi connectivity index (χ4v) is 8.59. The van der Waals surface area contributed by atoms with E-state index in [9.17, 15) is 0 Å². The van der Waals surface area contributed by atoms with Gasteiger partial charge in [0.05, 0.1) is 33.6 Å². The van der Waals surface area contributed by atoms with Crippen LogP contribution in [0.15, 0.2) is 146 Å². The second-order valence-electron chi connectivity index (χ2n) is 14.6. The van der Waals surface area contributed by atoms with E-state index in [2.05, 4.69) is 109 Å². The van der Waals surface area contributed by atoms with Crippen molar-refractivity contribution in [3.63, 3.8) is 0 Å². The van der Waals surface area contributed by atoms with Crippen LogP contribution >= 0.6 is 0 Å². The number of imidazole rings is 1. The molecule has 0 aliphatic heterocycles. The minimum Gasteiger partial charge on any atom is -0.367 e. The molecule has 0 fully saturated rings. The second-order valence-corrected chi connectivity index (χ2v) is 14.6. The summed E-state index contributed by atoms with van der Waals surface area (Å²) in [6.45, 7) is 4.55. The number of hydrogen-bond acceptors (Lipinski definition) is 2. The van der Waals surface area contributed by atoms with Gasteiger partial charge in [-0.05, 0) is 71.1 Å². The van der Waals surface area contributed by atoms with Crippen molar-refractivity contribution in [2.24, 2.45) is 7.05 Å². The van der Waals surface area contributed by atoms with E-state index in [1.807, 2.05) is 72.4 Å². The van der Waals surface area contributed by atoms with Gasteiger partial charge in [-0.1, -0.05) is 74.0 Å². The van der Waals surface area contributed by atoms with Gasteiger partial charge in [-0.15, -0.1) is 46.5 Å². The summed E-state index contributed by atoms with van der Waals surface area (Å²) < 4.78 is 21.3. The number of aryl methyl sites for hydroxylation is 1. The van der Waals surface area contributed by atoms with Gasteiger partial charge in [0.25, 0.3) is 0 Å². The molecule has 3 aromatic heterocycles. The van der Waals surface area contributed by atoms with E-state index in [1.165, 1.54) is 16.3 Å². The van der Waals surface area contributed by atoms with Gasteiger partial charge >= 0.3 is 20.4 Å². The molecule has 0 saturated heterocycles. The van der Waals surface area contributed by atoms with Crippen molar-refractivity contribution in [2.45, 2.75) is 31.4 Å². The summed E-state index contributed by atoms with van der Waals surface area (Å²) in [5.74, 6) is 0.505. The zero-order chi connectivity index (χ0) is 35.8. The molecule has 4 nitrogen and oxygen atoms in total. The summed E-state index contributed by atoms with van der Waals surface area (Å²) in [6.07, 6.45) is 0.406. The van der Waals surface area contributed by atoms with E-state index in [0.717, 1.165) is 61.5 Å². The Morgan fingerprint density at radius 3 is 2.22 bits per heavy atom. The molecule has 1 aliphatic carbocycles. The van der Waals surface area contributed by atoms with Crippen LogP contribution in [-0.2, 0) is 32.9 Å². The van der Waals surface area contributed by atoms with Crippen molar-refractivity contribution >= 4 is 32.8 Å². The van der Waals surface area contributed by atoms with Crippen LogP contribution in [0.4, 0.5) is 4.39 Å². The number of benzene rings is 6. The third-order valence-corrected chi connectivity index (χ3v) is 11.2. The van der Waals surface area contributed by atoms with Crippen molar-refractivity contribution in [2.75, 3.05) is 0 Å². The SMILES string of the molecule is Cn1c(-c2[c-]c(C(F)c3[c-]c4c(cc3)C(C)(C)c3cc5c6ccccc6n(-c6ccccc6)c5cc3C4c3ccccn3)ccc2)nc2ccccc21.[Pd+2]. The van der Waals surface area contributed by atoms with Crippen molar-refractivity contribution in [1.29, 1.82) is 0 Å². The van der Waals surface area contributed by atoms with E-state index in [0.29, 0.717) is 11.1 Å². The zero-order valence-corrected chi connectivity index (χ0v) is 31.5. The van der Waals surface area contributed by atoms with Crippen LogP contribution in [0.5, 0.6) is 0 Å². The van der Waals surface area contributed by atoms with E-state index in [1.54, 1.807) is 6.07 Å². The first-order valence-corrected chi connectivity index (χ1v) is 18.1. The summed E-state index contributed by atoms with van der Waals surface area (Å²) in [7, 11) is 1.99. The van der Waals surface area contributed by atoms with Gasteiger partial charge in [-0.2, -0.15) is 18.2 Å². The summed E-state index contributed by atoms with van der Waals surface area (Å²) >= 11 is 0. The predicted octanol–water partition coefficient (Wildman–Crippen LogP) is 11.2. The molecule has 6 aromatic carbocycles. The Bertz CT molecular complexity index is 2860. The third kappa shape index (κ3) is 5.20.